The molecule has 2 heteroatoms. The van der Waals surface area contributed by atoms with Gasteiger partial charge in [0.15, 0.2) is 0 Å². The van der Waals surface area contributed by atoms with E-state index in [2.05, 4.69) is 0 Å². The summed E-state index contributed by atoms with van der Waals surface area (Å²) < 4.78 is 0. The summed E-state index contributed by atoms with van der Waals surface area (Å²) in [6, 6.07) is 0. The Bertz CT molecular complexity index is 295. The molecular weight excluding hydrogens is 198 g/mol. The van der Waals surface area contributed by atoms with Crippen LogP contribution in [0.5, 0.6) is 0 Å². The Hall–Kier alpha value is -0.370. The van der Waals surface area contributed by atoms with Crippen molar-refractivity contribution in [1.29, 1.82) is 0 Å². The maximum atomic E-state index is 12.0. The van der Waals surface area contributed by atoms with Crippen LogP contribution in [0.3, 0.4) is 0 Å². The molecule has 0 amide bonds. The van der Waals surface area contributed by atoms with Gasteiger partial charge in [0.1, 0.15) is 5.78 Å². The quantitative estimate of drug-likeness (QED) is 0.793. The number of hydrogen-bond acceptors (Lipinski definition) is 2. The molecule has 3 atom stereocenters. The van der Waals surface area contributed by atoms with E-state index in [1.54, 1.807) is 0 Å². The predicted octanol–water partition coefficient (Wildman–Crippen LogP) is 2.65. The van der Waals surface area contributed by atoms with Gasteiger partial charge >= 0.3 is 0 Å². The van der Waals surface area contributed by atoms with Gasteiger partial charge in [-0.15, -0.1) is 0 Å². The number of hydrogen-bond donors (Lipinski definition) is 1. The standard InChI is InChI=1S/C14H23NO/c15-14(4-1-5-14)9-13(16)8-12-7-10-2-3-11(12)6-10/h10-12H,1-9,15H2. The van der Waals surface area contributed by atoms with Crippen LogP contribution >= 0.6 is 0 Å². The Morgan fingerprint density at radius 3 is 2.56 bits per heavy atom. The number of rotatable bonds is 4. The number of fused-ring (bicyclic) bond motifs is 2. The van der Waals surface area contributed by atoms with E-state index in [-0.39, 0.29) is 5.54 Å². The minimum atomic E-state index is -0.102. The molecule has 90 valence electrons. The van der Waals surface area contributed by atoms with Gasteiger partial charge in [-0.3, -0.25) is 4.79 Å². The van der Waals surface area contributed by atoms with Crippen LogP contribution < -0.4 is 5.73 Å². The predicted molar refractivity (Wildman–Crippen MR) is 63.9 cm³/mol. The lowest BCUT2D eigenvalue weighted by atomic mass is 9.73. The number of carbonyl (C=O) groups is 1. The highest BCUT2D eigenvalue weighted by Gasteiger charge is 2.41. The molecule has 2 nitrogen and oxygen atoms in total. The van der Waals surface area contributed by atoms with Crippen molar-refractivity contribution in [2.75, 3.05) is 0 Å². The molecular formula is C14H23NO. The molecule has 16 heavy (non-hydrogen) atoms. The van der Waals surface area contributed by atoms with Crippen LogP contribution in [0.15, 0.2) is 0 Å². The summed E-state index contributed by atoms with van der Waals surface area (Å²) in [6.45, 7) is 0. The smallest absolute Gasteiger partial charge is 0.135 e. The van der Waals surface area contributed by atoms with Gasteiger partial charge in [-0.2, -0.15) is 0 Å². The van der Waals surface area contributed by atoms with Crippen LogP contribution in [-0.4, -0.2) is 11.3 Å². The number of nitrogens with two attached hydrogens (primary N) is 1. The summed E-state index contributed by atoms with van der Waals surface area (Å²) in [7, 11) is 0. The Labute approximate surface area is 98.0 Å². The Morgan fingerprint density at radius 2 is 2.06 bits per heavy atom. The average Bonchev–Trinajstić information content (AvgIpc) is 2.76. The Balaban J connectivity index is 1.49. The highest BCUT2D eigenvalue weighted by atomic mass is 16.1. The zero-order valence-corrected chi connectivity index (χ0v) is 10.1. The van der Waals surface area contributed by atoms with Crippen molar-refractivity contribution in [3.63, 3.8) is 0 Å². The van der Waals surface area contributed by atoms with Crippen LogP contribution in [0, 0.1) is 17.8 Å². The molecule has 0 heterocycles. The number of carbonyl (C=O) groups excluding carboxylic acids is 1. The lowest BCUT2D eigenvalue weighted by molar-refractivity contribution is -0.122. The Morgan fingerprint density at radius 1 is 1.25 bits per heavy atom. The lowest BCUT2D eigenvalue weighted by Crippen LogP contribution is -2.48. The highest BCUT2D eigenvalue weighted by molar-refractivity contribution is 5.80. The third-order valence-corrected chi connectivity index (χ3v) is 5.27. The molecule has 0 spiro atoms. The minimum absolute atomic E-state index is 0.102. The van der Waals surface area contributed by atoms with Crippen molar-refractivity contribution >= 4 is 5.78 Å². The van der Waals surface area contributed by atoms with E-state index in [9.17, 15) is 4.79 Å². The number of Topliss-reactive ketones (excluding diaryl/α,β-unsaturated/α-hetero) is 1. The summed E-state index contributed by atoms with van der Waals surface area (Å²) in [4.78, 5) is 12.0. The second-order valence-electron chi connectivity index (χ2n) is 6.57. The molecule has 2 bridgehead atoms. The number of ketones is 1. The lowest BCUT2D eigenvalue weighted by Gasteiger charge is -2.38. The van der Waals surface area contributed by atoms with E-state index < -0.39 is 0 Å². The van der Waals surface area contributed by atoms with Crippen LogP contribution in [0.25, 0.3) is 0 Å². The van der Waals surface area contributed by atoms with Crippen molar-refractivity contribution in [1.82, 2.24) is 0 Å². The van der Waals surface area contributed by atoms with Crippen molar-refractivity contribution < 1.29 is 4.79 Å². The molecule has 3 saturated carbocycles. The van der Waals surface area contributed by atoms with E-state index in [1.165, 1.54) is 32.1 Å². The molecule has 0 saturated heterocycles. The van der Waals surface area contributed by atoms with Crippen molar-refractivity contribution in [3.8, 4) is 0 Å². The van der Waals surface area contributed by atoms with Crippen molar-refractivity contribution in [2.45, 2.75) is 63.3 Å². The normalized spacial score (nSPS) is 39.7. The van der Waals surface area contributed by atoms with E-state index in [4.69, 9.17) is 5.73 Å². The third-order valence-electron chi connectivity index (χ3n) is 5.27. The zero-order valence-electron chi connectivity index (χ0n) is 10.1. The van der Waals surface area contributed by atoms with E-state index in [1.807, 2.05) is 0 Å². The van der Waals surface area contributed by atoms with E-state index in [0.717, 1.165) is 37.0 Å². The van der Waals surface area contributed by atoms with Crippen LogP contribution in [0.2, 0.25) is 0 Å². The molecule has 3 rings (SSSR count). The summed E-state index contributed by atoms with van der Waals surface area (Å²) in [5.74, 6) is 3.00. The molecule has 0 aromatic rings. The summed E-state index contributed by atoms with van der Waals surface area (Å²) in [6.07, 6.45) is 10.4. The fraction of sp³-hybridized carbons (Fsp3) is 0.929. The van der Waals surface area contributed by atoms with E-state index >= 15 is 0 Å². The topological polar surface area (TPSA) is 43.1 Å². The second kappa shape index (κ2) is 3.83. The Kier molecular flexibility index (Phi) is 2.58. The fourth-order valence-electron chi connectivity index (χ4n) is 4.19. The van der Waals surface area contributed by atoms with E-state index in [0.29, 0.717) is 12.2 Å². The van der Waals surface area contributed by atoms with Crippen LogP contribution in [0.4, 0.5) is 0 Å². The molecule has 0 aromatic heterocycles. The second-order valence-corrected chi connectivity index (χ2v) is 6.57. The zero-order chi connectivity index (χ0) is 11.2. The van der Waals surface area contributed by atoms with Gasteiger partial charge < -0.3 is 5.73 Å². The monoisotopic (exact) mass is 221 g/mol. The highest BCUT2D eigenvalue weighted by Crippen LogP contribution is 2.49. The molecule has 3 aliphatic rings. The van der Waals surface area contributed by atoms with Crippen LogP contribution in [0.1, 0.15) is 57.8 Å². The molecule has 2 N–H and O–H groups in total. The molecule has 0 aliphatic heterocycles. The van der Waals surface area contributed by atoms with Gasteiger partial charge in [-0.1, -0.05) is 6.42 Å². The van der Waals surface area contributed by atoms with Gasteiger partial charge in [-0.25, -0.2) is 0 Å². The molecule has 3 unspecified atom stereocenters. The van der Waals surface area contributed by atoms with Gasteiger partial charge in [0, 0.05) is 18.4 Å². The first-order valence-electron chi connectivity index (χ1n) is 6.95. The maximum absolute atomic E-state index is 12.0. The fourth-order valence-corrected chi connectivity index (χ4v) is 4.19. The largest absolute Gasteiger partial charge is 0.325 e. The van der Waals surface area contributed by atoms with Crippen molar-refractivity contribution in [3.05, 3.63) is 0 Å². The first-order valence-corrected chi connectivity index (χ1v) is 6.95. The van der Waals surface area contributed by atoms with Gasteiger partial charge in [-0.05, 0) is 56.3 Å². The molecule has 3 aliphatic carbocycles. The summed E-state index contributed by atoms with van der Waals surface area (Å²) >= 11 is 0. The molecule has 3 fully saturated rings. The average molecular weight is 221 g/mol. The minimum Gasteiger partial charge on any atom is -0.325 e. The van der Waals surface area contributed by atoms with Gasteiger partial charge in [0.2, 0.25) is 0 Å². The van der Waals surface area contributed by atoms with Crippen molar-refractivity contribution in [2.24, 2.45) is 23.5 Å². The third kappa shape index (κ3) is 1.92. The first-order chi connectivity index (χ1) is 7.65. The van der Waals surface area contributed by atoms with Crippen LogP contribution in [-0.2, 0) is 4.79 Å². The maximum Gasteiger partial charge on any atom is 0.135 e. The molecule has 0 radical (unpaired) electrons. The first kappa shape index (κ1) is 10.8. The molecule has 0 aromatic carbocycles. The van der Waals surface area contributed by atoms with Gasteiger partial charge in [0.05, 0.1) is 0 Å². The SMILES string of the molecule is NC1(CC(=O)CC2CC3CCC2C3)CCC1. The van der Waals surface area contributed by atoms with Gasteiger partial charge in [0.25, 0.3) is 0 Å². The summed E-state index contributed by atoms with van der Waals surface area (Å²) in [5, 5.41) is 0. The summed E-state index contributed by atoms with van der Waals surface area (Å²) in [5.41, 5.74) is 6.03.